The molecule has 2 heterocycles. The van der Waals surface area contributed by atoms with Crippen molar-refractivity contribution in [1.29, 1.82) is 0 Å². The molecule has 3 atom stereocenters. The topological polar surface area (TPSA) is 91.7 Å². The van der Waals surface area contributed by atoms with Crippen LogP contribution in [0, 0.1) is 12.8 Å². The van der Waals surface area contributed by atoms with Crippen LogP contribution < -0.4 is 5.32 Å². The van der Waals surface area contributed by atoms with E-state index in [0.29, 0.717) is 0 Å². The largest absolute Gasteiger partial charge is 0.393 e. The molecule has 1 aliphatic rings. The molecule has 26 heavy (non-hydrogen) atoms. The molecule has 0 aliphatic heterocycles. The molecule has 7 heteroatoms. The van der Waals surface area contributed by atoms with Crippen molar-refractivity contribution in [2.75, 3.05) is 6.54 Å². The fourth-order valence-corrected chi connectivity index (χ4v) is 3.71. The van der Waals surface area contributed by atoms with Gasteiger partial charge in [-0.3, -0.25) is 5.10 Å². The second-order valence-electron chi connectivity index (χ2n) is 7.03. The zero-order valence-corrected chi connectivity index (χ0v) is 14.8. The van der Waals surface area contributed by atoms with E-state index in [0.717, 1.165) is 43.3 Å². The molecule has 4 rings (SSSR count). The highest BCUT2D eigenvalue weighted by atomic mass is 16.3. The van der Waals surface area contributed by atoms with Crippen LogP contribution in [0.2, 0.25) is 0 Å². The van der Waals surface area contributed by atoms with E-state index in [2.05, 4.69) is 37.7 Å². The third-order valence-corrected chi connectivity index (χ3v) is 5.05. The number of rotatable bonds is 6. The molecule has 3 N–H and O–H groups in total. The van der Waals surface area contributed by atoms with Gasteiger partial charge in [0.15, 0.2) is 5.82 Å². The molecule has 0 amide bonds. The number of hydrogen-bond donors (Lipinski definition) is 3. The summed E-state index contributed by atoms with van der Waals surface area (Å²) in [6, 6.07) is 10.2. The molecule has 1 saturated carbocycles. The highest BCUT2D eigenvalue weighted by Gasteiger charge is 2.35. The molecule has 1 fully saturated rings. The lowest BCUT2D eigenvalue weighted by Crippen LogP contribution is -2.27. The first-order valence-corrected chi connectivity index (χ1v) is 9.05. The number of aromatic nitrogens is 5. The van der Waals surface area contributed by atoms with Crippen molar-refractivity contribution in [2.45, 2.75) is 38.3 Å². The SMILES string of the molecule is Cc1nc([C@H]2C[C@H](CNCc3cccc(-n4cccn4)c3)[C@H](O)C2)n[nH]1. The zero-order chi connectivity index (χ0) is 17.9. The average molecular weight is 352 g/mol. The summed E-state index contributed by atoms with van der Waals surface area (Å²) in [4.78, 5) is 4.42. The maximum Gasteiger partial charge on any atom is 0.153 e. The van der Waals surface area contributed by atoms with E-state index in [1.54, 1.807) is 6.20 Å². The van der Waals surface area contributed by atoms with Crippen LogP contribution in [-0.2, 0) is 6.54 Å². The first-order valence-electron chi connectivity index (χ1n) is 9.05. The molecular formula is C19H24N6O. The summed E-state index contributed by atoms with van der Waals surface area (Å²) in [5, 5.41) is 25.3. The highest BCUT2D eigenvalue weighted by molar-refractivity contribution is 5.34. The summed E-state index contributed by atoms with van der Waals surface area (Å²) in [5.41, 5.74) is 2.25. The Morgan fingerprint density at radius 3 is 3.00 bits per heavy atom. The minimum Gasteiger partial charge on any atom is -0.393 e. The monoisotopic (exact) mass is 352 g/mol. The molecule has 1 aliphatic carbocycles. The summed E-state index contributed by atoms with van der Waals surface area (Å²) in [7, 11) is 0. The molecule has 2 aromatic heterocycles. The molecule has 3 aromatic rings. The Hall–Kier alpha value is -2.51. The number of aliphatic hydroxyl groups is 1. The summed E-state index contributed by atoms with van der Waals surface area (Å²) >= 11 is 0. The summed E-state index contributed by atoms with van der Waals surface area (Å²) in [5.74, 6) is 2.13. The van der Waals surface area contributed by atoms with Crippen LogP contribution in [0.5, 0.6) is 0 Å². The van der Waals surface area contributed by atoms with Gasteiger partial charge in [0.05, 0.1) is 11.8 Å². The van der Waals surface area contributed by atoms with Gasteiger partial charge in [0, 0.05) is 31.4 Å². The number of aliphatic hydroxyl groups excluding tert-OH is 1. The van der Waals surface area contributed by atoms with Gasteiger partial charge in [-0.1, -0.05) is 12.1 Å². The minimum atomic E-state index is -0.304. The first-order chi connectivity index (χ1) is 12.7. The van der Waals surface area contributed by atoms with Gasteiger partial charge < -0.3 is 10.4 Å². The normalized spacial score (nSPS) is 22.8. The van der Waals surface area contributed by atoms with Crippen LogP contribution in [0.1, 0.15) is 36.0 Å². The standard InChI is InChI=1S/C19H24N6O/c1-13-22-19(24-23-13)15-9-16(18(26)10-15)12-20-11-14-4-2-5-17(8-14)25-7-3-6-21-25/h2-8,15-16,18,20,26H,9-12H2,1H3,(H,22,23,24)/t15-,16+,18+/m0/s1. The van der Waals surface area contributed by atoms with Gasteiger partial charge >= 0.3 is 0 Å². The maximum atomic E-state index is 10.4. The molecule has 0 radical (unpaired) electrons. The van der Waals surface area contributed by atoms with E-state index in [9.17, 15) is 5.11 Å². The van der Waals surface area contributed by atoms with Crippen LogP contribution in [-0.4, -0.2) is 42.7 Å². The second kappa shape index (κ2) is 7.39. The van der Waals surface area contributed by atoms with E-state index in [1.165, 1.54) is 5.56 Å². The van der Waals surface area contributed by atoms with Crippen molar-refractivity contribution in [3.63, 3.8) is 0 Å². The predicted molar refractivity (Wildman–Crippen MR) is 97.9 cm³/mol. The van der Waals surface area contributed by atoms with Gasteiger partial charge in [0.2, 0.25) is 0 Å². The average Bonchev–Trinajstić information content (AvgIpc) is 3.37. The molecule has 0 bridgehead atoms. The Kier molecular flexibility index (Phi) is 4.81. The first kappa shape index (κ1) is 16.9. The van der Waals surface area contributed by atoms with Crippen LogP contribution in [0.15, 0.2) is 42.7 Å². The van der Waals surface area contributed by atoms with Gasteiger partial charge in [0.1, 0.15) is 5.82 Å². The predicted octanol–water partition coefficient (Wildman–Crippen LogP) is 1.94. The summed E-state index contributed by atoms with van der Waals surface area (Å²) in [6.07, 6.45) is 5.06. The Morgan fingerprint density at radius 2 is 2.23 bits per heavy atom. The Labute approximate surface area is 152 Å². The van der Waals surface area contributed by atoms with Crippen molar-refractivity contribution in [2.24, 2.45) is 5.92 Å². The Balaban J connectivity index is 1.31. The Bertz CT molecular complexity index is 843. The van der Waals surface area contributed by atoms with Gasteiger partial charge in [-0.2, -0.15) is 10.2 Å². The van der Waals surface area contributed by atoms with E-state index < -0.39 is 0 Å². The number of H-pyrrole nitrogens is 1. The number of nitrogens with zero attached hydrogens (tertiary/aromatic N) is 4. The molecule has 136 valence electrons. The van der Waals surface area contributed by atoms with E-state index in [1.807, 2.05) is 36.0 Å². The number of nitrogens with one attached hydrogen (secondary N) is 2. The molecule has 1 aromatic carbocycles. The third-order valence-electron chi connectivity index (χ3n) is 5.05. The van der Waals surface area contributed by atoms with E-state index in [-0.39, 0.29) is 17.9 Å². The van der Waals surface area contributed by atoms with Gasteiger partial charge in [-0.05, 0) is 49.4 Å². The van der Waals surface area contributed by atoms with Gasteiger partial charge in [0.25, 0.3) is 0 Å². The lowest BCUT2D eigenvalue weighted by atomic mass is 10.0. The van der Waals surface area contributed by atoms with Crippen molar-refractivity contribution in [3.05, 3.63) is 59.9 Å². The lowest BCUT2D eigenvalue weighted by molar-refractivity contribution is 0.131. The van der Waals surface area contributed by atoms with Crippen LogP contribution in [0.4, 0.5) is 0 Å². The summed E-state index contributed by atoms with van der Waals surface area (Å²) < 4.78 is 1.85. The fraction of sp³-hybridized carbons (Fsp3) is 0.421. The molecular weight excluding hydrogens is 328 g/mol. The molecule has 7 nitrogen and oxygen atoms in total. The highest BCUT2D eigenvalue weighted by Crippen LogP contribution is 2.36. The number of aryl methyl sites for hydroxylation is 1. The minimum absolute atomic E-state index is 0.230. The lowest BCUT2D eigenvalue weighted by Gasteiger charge is -2.15. The number of aromatic amines is 1. The van der Waals surface area contributed by atoms with Crippen molar-refractivity contribution in [3.8, 4) is 5.69 Å². The van der Waals surface area contributed by atoms with E-state index in [4.69, 9.17) is 0 Å². The number of hydrogen-bond acceptors (Lipinski definition) is 5. The second-order valence-corrected chi connectivity index (χ2v) is 7.03. The van der Waals surface area contributed by atoms with Crippen LogP contribution in [0.3, 0.4) is 0 Å². The number of benzene rings is 1. The van der Waals surface area contributed by atoms with Crippen molar-refractivity contribution < 1.29 is 5.11 Å². The summed E-state index contributed by atoms with van der Waals surface area (Å²) in [6.45, 7) is 3.45. The molecule has 0 spiro atoms. The van der Waals surface area contributed by atoms with Crippen molar-refractivity contribution >= 4 is 0 Å². The zero-order valence-electron chi connectivity index (χ0n) is 14.8. The Morgan fingerprint density at radius 1 is 1.31 bits per heavy atom. The quantitative estimate of drug-likeness (QED) is 0.631. The van der Waals surface area contributed by atoms with Gasteiger partial charge in [-0.15, -0.1) is 0 Å². The molecule has 0 unspecified atom stereocenters. The van der Waals surface area contributed by atoms with Gasteiger partial charge in [-0.25, -0.2) is 9.67 Å². The van der Waals surface area contributed by atoms with Crippen LogP contribution in [0.25, 0.3) is 5.69 Å². The third kappa shape index (κ3) is 3.68. The van der Waals surface area contributed by atoms with Crippen LogP contribution >= 0.6 is 0 Å². The molecule has 0 saturated heterocycles. The maximum absolute atomic E-state index is 10.4. The fourth-order valence-electron chi connectivity index (χ4n) is 3.71. The smallest absolute Gasteiger partial charge is 0.153 e. The van der Waals surface area contributed by atoms with Crippen molar-refractivity contribution in [1.82, 2.24) is 30.3 Å². The van der Waals surface area contributed by atoms with E-state index >= 15 is 0 Å².